The summed E-state index contributed by atoms with van der Waals surface area (Å²) in [6, 6.07) is 9.02. The lowest BCUT2D eigenvalue weighted by atomic mass is 9.79. The summed E-state index contributed by atoms with van der Waals surface area (Å²) in [6.07, 6.45) is 3.59. The summed E-state index contributed by atoms with van der Waals surface area (Å²) < 4.78 is 0. The van der Waals surface area contributed by atoms with Gasteiger partial charge in [-0.1, -0.05) is 6.07 Å². The largest absolute Gasteiger partial charge is 0.507 e. The van der Waals surface area contributed by atoms with Gasteiger partial charge in [-0.15, -0.1) is 10.2 Å². The third-order valence-electron chi connectivity index (χ3n) is 6.38. The molecule has 3 aromatic rings. The van der Waals surface area contributed by atoms with Crippen molar-refractivity contribution in [2.45, 2.75) is 57.7 Å². The van der Waals surface area contributed by atoms with E-state index in [2.05, 4.69) is 68.5 Å². The fourth-order valence-electron chi connectivity index (χ4n) is 5.05. The molecule has 0 atom stereocenters. The van der Waals surface area contributed by atoms with Crippen LogP contribution < -0.4 is 15.5 Å². The molecule has 0 aliphatic carbocycles. The van der Waals surface area contributed by atoms with Gasteiger partial charge in [0, 0.05) is 42.3 Å². The van der Waals surface area contributed by atoms with Crippen molar-refractivity contribution in [1.29, 1.82) is 5.53 Å². The second-order valence-corrected chi connectivity index (χ2v) is 10.4. The maximum absolute atomic E-state index is 10.7. The first kappa shape index (κ1) is 24.5. The number of pyridine rings is 1. The van der Waals surface area contributed by atoms with Crippen LogP contribution in [0, 0.1) is 5.53 Å². The van der Waals surface area contributed by atoms with Crippen LogP contribution in [0.2, 0.25) is 0 Å². The molecular weight excluding hydrogens is 442 g/mol. The summed E-state index contributed by atoms with van der Waals surface area (Å²) in [6.45, 7) is 8.88. The molecule has 1 aromatic carbocycles. The molecule has 1 aliphatic rings. The average molecular weight is 476 g/mol. The molecule has 35 heavy (non-hydrogen) atoms. The van der Waals surface area contributed by atoms with E-state index in [9.17, 15) is 5.11 Å². The van der Waals surface area contributed by atoms with Crippen molar-refractivity contribution in [2.24, 2.45) is 5.11 Å². The molecule has 1 fully saturated rings. The third-order valence-corrected chi connectivity index (χ3v) is 6.38. The number of aromatic nitrogens is 4. The first-order valence-corrected chi connectivity index (χ1v) is 11.6. The Morgan fingerprint density at radius 3 is 2.37 bits per heavy atom. The first-order chi connectivity index (χ1) is 16.5. The lowest BCUT2D eigenvalue weighted by Crippen LogP contribution is -2.62. The smallest absolute Gasteiger partial charge is 0.245 e. The van der Waals surface area contributed by atoms with Gasteiger partial charge in [-0.2, -0.15) is 5.11 Å². The number of phenols is 1. The predicted octanol–water partition coefficient (Wildman–Crippen LogP) is 4.76. The van der Waals surface area contributed by atoms with Crippen LogP contribution in [0.25, 0.3) is 22.5 Å². The summed E-state index contributed by atoms with van der Waals surface area (Å²) in [5, 5.41) is 29.6. The van der Waals surface area contributed by atoms with Gasteiger partial charge in [0.15, 0.2) is 5.82 Å². The van der Waals surface area contributed by atoms with E-state index in [1.807, 2.05) is 13.1 Å². The van der Waals surface area contributed by atoms with E-state index in [1.54, 1.807) is 37.5 Å². The van der Waals surface area contributed by atoms with Crippen molar-refractivity contribution in [3.05, 3.63) is 36.5 Å². The van der Waals surface area contributed by atoms with Gasteiger partial charge in [0.2, 0.25) is 5.95 Å². The van der Waals surface area contributed by atoms with Crippen molar-refractivity contribution in [3.63, 3.8) is 0 Å². The Morgan fingerprint density at radius 2 is 1.80 bits per heavy atom. The zero-order chi connectivity index (χ0) is 25.4. The maximum atomic E-state index is 10.7. The van der Waals surface area contributed by atoms with Crippen molar-refractivity contribution in [3.8, 4) is 28.3 Å². The Balaban J connectivity index is 1.55. The number of hydrogen-bond donors (Lipinski definition) is 4. The van der Waals surface area contributed by atoms with Gasteiger partial charge in [0.25, 0.3) is 0 Å². The molecule has 10 nitrogen and oxygen atoms in total. The zero-order valence-corrected chi connectivity index (χ0v) is 21.1. The minimum atomic E-state index is 0.0146. The summed E-state index contributed by atoms with van der Waals surface area (Å²) in [5.74, 6) is 1.12. The van der Waals surface area contributed by atoms with Crippen molar-refractivity contribution >= 4 is 17.5 Å². The highest BCUT2D eigenvalue weighted by Gasteiger charge is 2.39. The third kappa shape index (κ3) is 5.22. The molecule has 0 saturated carbocycles. The second kappa shape index (κ2) is 9.18. The molecule has 0 bridgehead atoms. The summed E-state index contributed by atoms with van der Waals surface area (Å²) in [5.41, 5.74) is 10.1. The second-order valence-electron chi connectivity index (χ2n) is 10.4. The molecule has 0 radical (unpaired) electrons. The molecular formula is C25H33N9O. The number of aromatic hydroxyl groups is 1. The topological polar surface area (TPSA) is 135 Å². The van der Waals surface area contributed by atoms with Crippen LogP contribution in [0.15, 0.2) is 41.6 Å². The van der Waals surface area contributed by atoms with Gasteiger partial charge in [-0.25, -0.2) is 15.5 Å². The fraction of sp³-hybridized carbons (Fsp3) is 0.440. The Kier molecular flexibility index (Phi) is 6.42. The van der Waals surface area contributed by atoms with Crippen LogP contribution in [0.3, 0.4) is 0 Å². The Hall–Kier alpha value is -3.66. The highest BCUT2D eigenvalue weighted by Crippen LogP contribution is 2.35. The molecule has 4 rings (SSSR count). The summed E-state index contributed by atoms with van der Waals surface area (Å²) in [7, 11) is 3.73. The van der Waals surface area contributed by atoms with Crippen LogP contribution in [0.4, 0.5) is 17.5 Å². The minimum absolute atomic E-state index is 0.0146. The zero-order valence-electron chi connectivity index (χ0n) is 21.1. The predicted molar refractivity (Wildman–Crippen MR) is 137 cm³/mol. The van der Waals surface area contributed by atoms with Crippen LogP contribution in [-0.4, -0.2) is 56.5 Å². The van der Waals surface area contributed by atoms with E-state index in [4.69, 9.17) is 5.53 Å². The summed E-state index contributed by atoms with van der Waals surface area (Å²) in [4.78, 5) is 11.1. The molecule has 0 amide bonds. The number of rotatable bonds is 6. The molecule has 3 heterocycles. The van der Waals surface area contributed by atoms with Crippen molar-refractivity contribution < 1.29 is 5.11 Å². The van der Waals surface area contributed by atoms with Crippen LogP contribution in [-0.2, 0) is 0 Å². The molecule has 184 valence electrons. The van der Waals surface area contributed by atoms with E-state index < -0.39 is 0 Å². The normalized spacial score (nSPS) is 17.1. The number of anilines is 2. The number of hydrogen-bond acceptors (Lipinski definition) is 10. The van der Waals surface area contributed by atoms with Gasteiger partial charge in [-0.3, -0.25) is 0 Å². The number of benzene rings is 1. The number of piperidine rings is 1. The van der Waals surface area contributed by atoms with E-state index >= 15 is 0 Å². The van der Waals surface area contributed by atoms with E-state index in [0.717, 1.165) is 18.4 Å². The van der Waals surface area contributed by atoms with E-state index in [1.165, 1.54) is 0 Å². The minimum Gasteiger partial charge on any atom is -0.507 e. The molecule has 0 unspecified atom stereocenters. The monoisotopic (exact) mass is 475 g/mol. The van der Waals surface area contributed by atoms with E-state index in [-0.39, 0.29) is 22.9 Å². The first-order valence-electron chi connectivity index (χ1n) is 11.6. The number of nitrogens with zero attached hydrogens (tertiary/aromatic N) is 6. The van der Waals surface area contributed by atoms with Gasteiger partial charge in [0.1, 0.15) is 17.1 Å². The Morgan fingerprint density at radius 1 is 1.09 bits per heavy atom. The van der Waals surface area contributed by atoms with Gasteiger partial charge in [0.05, 0.1) is 11.9 Å². The van der Waals surface area contributed by atoms with Gasteiger partial charge in [-0.05, 0) is 64.8 Å². The summed E-state index contributed by atoms with van der Waals surface area (Å²) >= 11 is 0. The maximum Gasteiger partial charge on any atom is 0.245 e. The van der Waals surface area contributed by atoms with Crippen molar-refractivity contribution in [1.82, 2.24) is 25.5 Å². The molecule has 0 spiro atoms. The fourth-order valence-corrected chi connectivity index (χ4v) is 5.05. The number of nitrogens with one attached hydrogen (secondary N) is 3. The number of phenolic OH excluding ortho intramolecular Hbond substituents is 1. The highest BCUT2D eigenvalue weighted by molar-refractivity contribution is 5.74. The van der Waals surface area contributed by atoms with Crippen LogP contribution >= 0.6 is 0 Å². The van der Waals surface area contributed by atoms with Crippen LogP contribution in [0.5, 0.6) is 5.75 Å². The van der Waals surface area contributed by atoms with Crippen LogP contribution in [0.1, 0.15) is 40.5 Å². The van der Waals surface area contributed by atoms with Gasteiger partial charge >= 0.3 is 0 Å². The molecule has 10 heteroatoms. The van der Waals surface area contributed by atoms with Gasteiger partial charge < -0.3 is 20.6 Å². The van der Waals surface area contributed by atoms with E-state index in [0.29, 0.717) is 34.4 Å². The average Bonchev–Trinajstić information content (AvgIpc) is 2.81. The molecule has 1 aliphatic heterocycles. The molecule has 2 aromatic heterocycles. The molecule has 4 N–H and O–H groups in total. The SMILES string of the molecule is CNc1nc(-c2ccc(-c3cnc(N(C)C4CC(C)(C)NC(C)(C)C4)nn3)c(O)c2)ccc1N=N. The standard InChI is InChI=1S/C25H33N9O/c1-24(2)12-16(13-25(3,4)33-24)34(6)23-28-14-20(31-32-23)17-8-7-15(11-21(17)35)18-9-10-19(30-26)22(27-5)29-18/h7-11,14,16,26,33,35H,12-13H2,1-6H3,(H,27,29). The quantitative estimate of drug-likeness (QED) is 0.375. The van der Waals surface area contributed by atoms with Crippen molar-refractivity contribution in [2.75, 3.05) is 24.3 Å². The Bertz CT molecular complexity index is 1210. The Labute approximate surface area is 205 Å². The lowest BCUT2D eigenvalue weighted by Gasteiger charge is -2.48. The highest BCUT2D eigenvalue weighted by atomic mass is 16.3. The lowest BCUT2D eigenvalue weighted by molar-refractivity contribution is 0.160. The molecule has 1 saturated heterocycles.